The maximum absolute atomic E-state index is 12.4. The van der Waals surface area contributed by atoms with Gasteiger partial charge in [-0.15, -0.1) is 13.2 Å². The Morgan fingerprint density at radius 3 is 2.27 bits per heavy atom. The number of hydrogen-bond donors (Lipinski definition) is 1. The van der Waals surface area contributed by atoms with E-state index in [0.717, 1.165) is 0 Å². The van der Waals surface area contributed by atoms with Gasteiger partial charge in [-0.05, 0) is 42.2 Å². The van der Waals surface area contributed by atoms with E-state index in [2.05, 4.69) is 4.74 Å². The van der Waals surface area contributed by atoms with E-state index in [1.807, 2.05) is 0 Å². The zero-order chi connectivity index (χ0) is 24.2. The van der Waals surface area contributed by atoms with Crippen molar-refractivity contribution < 1.29 is 42.2 Å². The van der Waals surface area contributed by atoms with Crippen molar-refractivity contribution in [2.45, 2.75) is 25.1 Å². The van der Waals surface area contributed by atoms with E-state index < -0.39 is 29.6 Å². The van der Waals surface area contributed by atoms with Crippen LogP contribution in [0.4, 0.5) is 18.9 Å². The van der Waals surface area contributed by atoms with Crippen molar-refractivity contribution in [3.8, 4) is 11.5 Å². The number of halogens is 3. The zero-order valence-electron chi connectivity index (χ0n) is 17.4. The Morgan fingerprint density at radius 1 is 1.12 bits per heavy atom. The molecule has 2 aromatic carbocycles. The summed E-state index contributed by atoms with van der Waals surface area (Å²) in [5, 5.41) is 21.4. The second kappa shape index (κ2) is 10.0. The second-order valence-electron chi connectivity index (χ2n) is 7.42. The monoisotopic (exact) mass is 470 g/mol. The number of rotatable bonds is 7. The van der Waals surface area contributed by atoms with E-state index >= 15 is 0 Å². The van der Waals surface area contributed by atoms with Gasteiger partial charge in [-0.1, -0.05) is 12.1 Å². The van der Waals surface area contributed by atoms with Crippen LogP contribution in [0.1, 0.15) is 17.9 Å². The van der Waals surface area contributed by atoms with Gasteiger partial charge in [0, 0.05) is 25.2 Å². The largest absolute Gasteiger partial charge is 0.573 e. The molecule has 178 valence electrons. The number of methoxy groups -OCH3 is 1. The van der Waals surface area contributed by atoms with Gasteiger partial charge in [-0.3, -0.25) is 14.9 Å². The predicted octanol–water partition coefficient (Wildman–Crippen LogP) is 3.43. The smallest absolute Gasteiger partial charge is 0.469 e. The summed E-state index contributed by atoms with van der Waals surface area (Å²) in [6.07, 6.45) is -5.93. The number of nitro groups is 1. The first-order valence-corrected chi connectivity index (χ1v) is 9.82. The molecule has 1 fully saturated rings. The lowest BCUT2D eigenvalue weighted by molar-refractivity contribution is -0.384. The van der Waals surface area contributed by atoms with Crippen molar-refractivity contribution in [1.29, 1.82) is 0 Å². The molecule has 1 saturated heterocycles. The van der Waals surface area contributed by atoms with E-state index in [4.69, 9.17) is 9.47 Å². The number of aliphatic hydroxyl groups is 1. The van der Waals surface area contributed by atoms with E-state index in [1.165, 1.54) is 60.5 Å². The molecule has 3 unspecified atom stereocenters. The first-order chi connectivity index (χ1) is 15.6. The molecule has 0 aromatic heterocycles. The first kappa shape index (κ1) is 24.3. The third-order valence-electron chi connectivity index (χ3n) is 5.20. The number of hydrogen-bond acceptors (Lipinski definition) is 8. The number of esters is 1. The molecule has 0 aliphatic carbocycles. The molecule has 3 rings (SSSR count). The summed E-state index contributed by atoms with van der Waals surface area (Å²) in [6, 6.07) is 10.4. The number of ether oxygens (including phenoxy) is 3. The number of aliphatic hydroxyl groups excluding tert-OH is 1. The number of non-ortho nitro benzene ring substituents is 1. The van der Waals surface area contributed by atoms with Gasteiger partial charge in [0.25, 0.3) is 12.1 Å². The molecule has 1 aliphatic heterocycles. The highest BCUT2D eigenvalue weighted by Gasteiger charge is 2.36. The minimum atomic E-state index is -4.81. The van der Waals surface area contributed by atoms with E-state index in [9.17, 15) is 33.2 Å². The Kier molecular flexibility index (Phi) is 7.39. The molecule has 9 nitrogen and oxygen atoms in total. The molecule has 2 aromatic rings. The van der Waals surface area contributed by atoms with E-state index in [1.54, 1.807) is 0 Å². The number of carbonyl (C=O) groups is 1. The van der Waals surface area contributed by atoms with Crippen molar-refractivity contribution in [2.24, 2.45) is 5.92 Å². The third-order valence-corrected chi connectivity index (χ3v) is 5.20. The van der Waals surface area contributed by atoms with Crippen LogP contribution in [0.25, 0.3) is 0 Å². The lowest BCUT2D eigenvalue weighted by atomic mass is 9.84. The summed E-state index contributed by atoms with van der Waals surface area (Å²) < 4.78 is 51.4. The summed E-state index contributed by atoms with van der Waals surface area (Å²) >= 11 is 0. The molecule has 1 aliphatic rings. The van der Waals surface area contributed by atoms with Gasteiger partial charge in [0.05, 0.1) is 18.0 Å². The van der Waals surface area contributed by atoms with Crippen molar-refractivity contribution in [3.05, 3.63) is 64.2 Å². The minimum absolute atomic E-state index is 0.118. The second-order valence-corrected chi connectivity index (χ2v) is 7.42. The molecule has 0 saturated carbocycles. The molecule has 1 N–H and O–H groups in total. The van der Waals surface area contributed by atoms with Crippen molar-refractivity contribution in [1.82, 2.24) is 4.90 Å². The fourth-order valence-corrected chi connectivity index (χ4v) is 3.68. The Bertz CT molecular complexity index is 967. The number of piperidine rings is 1. The molecule has 1 heterocycles. The molecule has 0 amide bonds. The third kappa shape index (κ3) is 6.56. The number of alkyl halides is 3. The van der Waals surface area contributed by atoms with Crippen LogP contribution in [0.2, 0.25) is 0 Å². The van der Waals surface area contributed by atoms with Crippen LogP contribution in [0.15, 0.2) is 48.5 Å². The Labute approximate surface area is 186 Å². The number of carbonyl (C=O) groups excluding carboxylic acids is 1. The van der Waals surface area contributed by atoms with Crippen molar-refractivity contribution in [3.63, 3.8) is 0 Å². The van der Waals surface area contributed by atoms with Gasteiger partial charge in [-0.2, -0.15) is 0 Å². The van der Waals surface area contributed by atoms with Crippen LogP contribution in [-0.4, -0.2) is 53.9 Å². The minimum Gasteiger partial charge on any atom is -0.469 e. The molecular weight excluding hydrogens is 449 g/mol. The normalized spacial score (nSPS) is 20.0. The van der Waals surface area contributed by atoms with Crippen LogP contribution in [-0.2, 0) is 9.53 Å². The zero-order valence-corrected chi connectivity index (χ0v) is 17.4. The average Bonchev–Trinajstić information content (AvgIpc) is 2.78. The van der Waals surface area contributed by atoms with E-state index in [0.29, 0.717) is 12.0 Å². The van der Waals surface area contributed by atoms with Crippen molar-refractivity contribution >= 4 is 11.7 Å². The van der Waals surface area contributed by atoms with Crippen LogP contribution in [0.3, 0.4) is 0 Å². The fourth-order valence-electron chi connectivity index (χ4n) is 3.68. The number of nitro benzene ring substituents is 1. The maximum Gasteiger partial charge on any atom is 0.573 e. The quantitative estimate of drug-likeness (QED) is 0.284. The SMILES string of the molecule is COC(=O)C1CC(c2ccc(OC(F)(F)F)cc2)CN(C(O)Oc2ccc([N+](=O)[O-])cc2)C1. The van der Waals surface area contributed by atoms with Crippen molar-refractivity contribution in [2.75, 3.05) is 20.2 Å². The lowest BCUT2D eigenvalue weighted by Crippen LogP contribution is -2.49. The predicted molar refractivity (Wildman–Crippen MR) is 107 cm³/mol. The maximum atomic E-state index is 12.4. The van der Waals surface area contributed by atoms with Gasteiger partial charge in [0.2, 0.25) is 0 Å². The summed E-state index contributed by atoms with van der Waals surface area (Å²) in [5.41, 5.74) is 0.504. The van der Waals surface area contributed by atoms with Gasteiger partial charge in [0.15, 0.2) is 0 Å². The Morgan fingerprint density at radius 2 is 1.73 bits per heavy atom. The molecule has 33 heavy (non-hydrogen) atoms. The lowest BCUT2D eigenvalue weighted by Gasteiger charge is -2.38. The fraction of sp³-hybridized carbons (Fsp3) is 0.381. The van der Waals surface area contributed by atoms with Crippen LogP contribution < -0.4 is 9.47 Å². The molecule has 12 heteroatoms. The first-order valence-electron chi connectivity index (χ1n) is 9.82. The summed E-state index contributed by atoms with van der Waals surface area (Å²) in [4.78, 5) is 23.9. The molecule has 3 atom stereocenters. The summed E-state index contributed by atoms with van der Waals surface area (Å²) in [6.45, 7) is 0.355. The van der Waals surface area contributed by atoms with Gasteiger partial charge in [-0.25, -0.2) is 4.90 Å². The van der Waals surface area contributed by atoms with Crippen LogP contribution in [0.5, 0.6) is 11.5 Å². The number of benzene rings is 2. The molecular formula is C21H21F3N2O7. The number of likely N-dealkylation sites (tertiary alicyclic amines) is 1. The topological polar surface area (TPSA) is 111 Å². The Balaban J connectivity index is 1.74. The molecule has 0 bridgehead atoms. The van der Waals surface area contributed by atoms with E-state index in [-0.39, 0.29) is 36.2 Å². The molecule has 0 spiro atoms. The molecule has 0 radical (unpaired) electrons. The van der Waals surface area contributed by atoms with Crippen LogP contribution >= 0.6 is 0 Å². The van der Waals surface area contributed by atoms with Crippen LogP contribution in [0, 0.1) is 16.0 Å². The standard InChI is InChI=1S/C21H21F3N2O7/c1-31-19(27)15-10-14(13-2-6-18(7-3-13)33-21(22,23)24)11-25(12-15)20(28)32-17-8-4-16(5-9-17)26(29)30/h2-9,14-15,20,28H,10-12H2,1H3. The summed E-state index contributed by atoms with van der Waals surface area (Å²) in [7, 11) is 1.24. The highest BCUT2D eigenvalue weighted by atomic mass is 19.4. The van der Waals surface area contributed by atoms with Gasteiger partial charge < -0.3 is 19.3 Å². The van der Waals surface area contributed by atoms with Gasteiger partial charge >= 0.3 is 12.3 Å². The summed E-state index contributed by atoms with van der Waals surface area (Å²) in [5.74, 6) is -1.62. The Hall–Kier alpha value is -3.38. The highest BCUT2D eigenvalue weighted by molar-refractivity contribution is 5.72. The highest BCUT2D eigenvalue weighted by Crippen LogP contribution is 2.34. The number of nitrogens with zero attached hydrogens (tertiary/aromatic N) is 2. The van der Waals surface area contributed by atoms with Gasteiger partial charge in [0.1, 0.15) is 11.5 Å². The average molecular weight is 470 g/mol.